The van der Waals surface area contributed by atoms with Crippen molar-refractivity contribution in [1.82, 2.24) is 10.3 Å². The Kier molecular flexibility index (Phi) is 6.97. The molecule has 0 atom stereocenters. The van der Waals surface area contributed by atoms with Crippen LogP contribution in [-0.4, -0.2) is 29.9 Å². The van der Waals surface area contributed by atoms with E-state index in [-0.39, 0.29) is 18.2 Å². The summed E-state index contributed by atoms with van der Waals surface area (Å²) in [5, 5.41) is 8.33. The van der Waals surface area contributed by atoms with Crippen molar-refractivity contribution in [2.45, 2.75) is 20.3 Å². The van der Waals surface area contributed by atoms with Gasteiger partial charge in [-0.05, 0) is 62.4 Å². The van der Waals surface area contributed by atoms with Gasteiger partial charge in [0, 0.05) is 28.7 Å². The monoisotopic (exact) mass is 409 g/mol. The Morgan fingerprint density at radius 1 is 1.03 bits per heavy atom. The molecular weight excluding hydrogens is 386 g/mol. The summed E-state index contributed by atoms with van der Waals surface area (Å²) in [6.07, 6.45) is 0.186. The summed E-state index contributed by atoms with van der Waals surface area (Å²) in [5.41, 5.74) is 2.91. The van der Waals surface area contributed by atoms with Crippen LogP contribution in [-0.2, 0) is 11.2 Å². The molecule has 0 saturated heterocycles. The number of carbonyl (C=O) groups excluding carboxylic acids is 2. The lowest BCUT2D eigenvalue weighted by atomic mass is 10.2. The lowest BCUT2D eigenvalue weighted by Gasteiger charge is -2.06. The number of aromatic nitrogens is 1. The number of anilines is 1. The highest BCUT2D eigenvalue weighted by molar-refractivity contribution is 7.13. The first-order chi connectivity index (χ1) is 14.1. The summed E-state index contributed by atoms with van der Waals surface area (Å²) < 4.78 is 5.45. The number of carbonyl (C=O) groups is 2. The van der Waals surface area contributed by atoms with Gasteiger partial charge in [0.2, 0.25) is 5.91 Å². The first-order valence-electron chi connectivity index (χ1n) is 9.44. The maximum atomic E-state index is 12.3. The van der Waals surface area contributed by atoms with Crippen LogP contribution in [0.5, 0.6) is 5.75 Å². The van der Waals surface area contributed by atoms with Crippen molar-refractivity contribution in [3.63, 3.8) is 0 Å². The second-order valence-electron chi connectivity index (χ2n) is 6.26. The molecule has 150 valence electrons. The number of amides is 2. The Labute approximate surface area is 173 Å². The van der Waals surface area contributed by atoms with Crippen LogP contribution in [0, 0.1) is 0 Å². The van der Waals surface area contributed by atoms with Gasteiger partial charge in [0.1, 0.15) is 10.8 Å². The van der Waals surface area contributed by atoms with E-state index in [1.807, 2.05) is 43.5 Å². The highest BCUT2D eigenvalue weighted by Crippen LogP contribution is 2.26. The molecule has 0 aliphatic rings. The smallest absolute Gasteiger partial charge is 0.251 e. The summed E-state index contributed by atoms with van der Waals surface area (Å²) in [6.45, 7) is 5.02. The van der Waals surface area contributed by atoms with Crippen LogP contribution in [0.25, 0.3) is 10.6 Å². The molecule has 0 radical (unpaired) electrons. The SMILES string of the molecule is CCNC(=O)c1ccc(NC(=O)Cc2csc(-c3ccc(OCC)cc3)n2)cc1. The molecule has 0 fully saturated rings. The van der Waals surface area contributed by atoms with E-state index in [2.05, 4.69) is 15.6 Å². The zero-order valence-electron chi connectivity index (χ0n) is 16.4. The minimum Gasteiger partial charge on any atom is -0.494 e. The van der Waals surface area contributed by atoms with Crippen molar-refractivity contribution in [3.05, 3.63) is 65.2 Å². The van der Waals surface area contributed by atoms with E-state index in [9.17, 15) is 9.59 Å². The number of rotatable bonds is 8. The lowest BCUT2D eigenvalue weighted by molar-refractivity contribution is -0.115. The quantitative estimate of drug-likeness (QED) is 0.586. The van der Waals surface area contributed by atoms with Crippen LogP contribution in [0.15, 0.2) is 53.9 Å². The fourth-order valence-electron chi connectivity index (χ4n) is 2.72. The first-order valence-corrected chi connectivity index (χ1v) is 10.3. The molecule has 0 bridgehead atoms. The Bertz CT molecular complexity index is 966. The van der Waals surface area contributed by atoms with Gasteiger partial charge < -0.3 is 15.4 Å². The third-order valence-electron chi connectivity index (χ3n) is 4.07. The Morgan fingerprint density at radius 3 is 2.41 bits per heavy atom. The summed E-state index contributed by atoms with van der Waals surface area (Å²) in [7, 11) is 0. The normalized spacial score (nSPS) is 10.4. The molecule has 1 aromatic heterocycles. The number of nitrogens with zero attached hydrogens (tertiary/aromatic N) is 1. The molecule has 2 aromatic carbocycles. The Balaban J connectivity index is 1.58. The fourth-order valence-corrected chi connectivity index (χ4v) is 3.54. The number of hydrogen-bond acceptors (Lipinski definition) is 5. The standard InChI is InChI=1S/C22H23N3O3S/c1-3-23-21(27)15-5-9-17(10-6-15)24-20(26)13-18-14-29-22(25-18)16-7-11-19(12-8-16)28-4-2/h5-12,14H,3-4,13H2,1-2H3,(H,23,27)(H,24,26). The highest BCUT2D eigenvalue weighted by atomic mass is 32.1. The molecule has 6 nitrogen and oxygen atoms in total. The van der Waals surface area contributed by atoms with Crippen molar-refractivity contribution >= 4 is 28.8 Å². The van der Waals surface area contributed by atoms with E-state index in [1.54, 1.807) is 24.3 Å². The number of hydrogen-bond donors (Lipinski definition) is 2. The third kappa shape index (κ3) is 5.65. The minimum atomic E-state index is -0.153. The minimum absolute atomic E-state index is 0.130. The maximum Gasteiger partial charge on any atom is 0.251 e. The van der Waals surface area contributed by atoms with Crippen LogP contribution in [0.1, 0.15) is 29.9 Å². The molecule has 3 rings (SSSR count). The largest absolute Gasteiger partial charge is 0.494 e. The van der Waals surface area contributed by atoms with Crippen LogP contribution in [0.2, 0.25) is 0 Å². The number of ether oxygens (including phenoxy) is 1. The first kappa shape index (κ1) is 20.5. The molecule has 1 heterocycles. The van der Waals surface area contributed by atoms with E-state index in [1.165, 1.54) is 11.3 Å². The van der Waals surface area contributed by atoms with E-state index in [0.29, 0.717) is 24.4 Å². The van der Waals surface area contributed by atoms with Crippen molar-refractivity contribution in [2.75, 3.05) is 18.5 Å². The zero-order chi connectivity index (χ0) is 20.6. The van der Waals surface area contributed by atoms with Crippen LogP contribution < -0.4 is 15.4 Å². The molecule has 0 spiro atoms. The molecule has 3 aromatic rings. The van der Waals surface area contributed by atoms with E-state index in [0.717, 1.165) is 22.0 Å². The van der Waals surface area contributed by atoms with E-state index >= 15 is 0 Å². The second kappa shape index (κ2) is 9.84. The zero-order valence-corrected chi connectivity index (χ0v) is 17.2. The molecule has 0 aliphatic heterocycles. The van der Waals surface area contributed by atoms with Crippen molar-refractivity contribution in [3.8, 4) is 16.3 Å². The summed E-state index contributed by atoms with van der Waals surface area (Å²) >= 11 is 1.50. The van der Waals surface area contributed by atoms with Gasteiger partial charge >= 0.3 is 0 Å². The van der Waals surface area contributed by atoms with Gasteiger partial charge in [-0.3, -0.25) is 9.59 Å². The lowest BCUT2D eigenvalue weighted by Crippen LogP contribution is -2.22. The molecule has 0 unspecified atom stereocenters. The molecule has 7 heteroatoms. The summed E-state index contributed by atoms with van der Waals surface area (Å²) in [6, 6.07) is 14.6. The van der Waals surface area contributed by atoms with Crippen molar-refractivity contribution in [2.24, 2.45) is 0 Å². The van der Waals surface area contributed by atoms with Gasteiger partial charge in [-0.1, -0.05) is 0 Å². The van der Waals surface area contributed by atoms with Gasteiger partial charge in [0.25, 0.3) is 5.91 Å². The Hall–Kier alpha value is -3.19. The van der Waals surface area contributed by atoms with Crippen LogP contribution in [0.4, 0.5) is 5.69 Å². The van der Waals surface area contributed by atoms with Gasteiger partial charge in [0.15, 0.2) is 0 Å². The maximum absolute atomic E-state index is 12.3. The van der Waals surface area contributed by atoms with Gasteiger partial charge in [-0.2, -0.15) is 0 Å². The molecule has 2 amide bonds. The topological polar surface area (TPSA) is 80.3 Å². The number of nitrogens with one attached hydrogen (secondary N) is 2. The van der Waals surface area contributed by atoms with Gasteiger partial charge in [0.05, 0.1) is 18.7 Å². The van der Waals surface area contributed by atoms with Crippen molar-refractivity contribution in [1.29, 1.82) is 0 Å². The molecule has 0 aliphatic carbocycles. The van der Waals surface area contributed by atoms with E-state index in [4.69, 9.17) is 4.74 Å². The average Bonchev–Trinajstić information content (AvgIpc) is 3.18. The molecule has 2 N–H and O–H groups in total. The molecular formula is C22H23N3O3S. The average molecular weight is 410 g/mol. The molecule has 29 heavy (non-hydrogen) atoms. The van der Waals surface area contributed by atoms with Crippen molar-refractivity contribution < 1.29 is 14.3 Å². The van der Waals surface area contributed by atoms with E-state index < -0.39 is 0 Å². The molecule has 0 saturated carbocycles. The fraction of sp³-hybridized carbons (Fsp3) is 0.227. The number of benzene rings is 2. The summed E-state index contributed by atoms with van der Waals surface area (Å²) in [5.74, 6) is 0.541. The second-order valence-corrected chi connectivity index (χ2v) is 7.12. The van der Waals surface area contributed by atoms with Gasteiger partial charge in [-0.15, -0.1) is 11.3 Å². The highest BCUT2D eigenvalue weighted by Gasteiger charge is 2.10. The predicted octanol–water partition coefficient (Wildman–Crippen LogP) is 4.14. The summed E-state index contributed by atoms with van der Waals surface area (Å²) in [4.78, 5) is 28.7. The third-order valence-corrected chi connectivity index (χ3v) is 5.01. The van der Waals surface area contributed by atoms with Gasteiger partial charge in [-0.25, -0.2) is 4.98 Å². The Morgan fingerprint density at radius 2 is 1.76 bits per heavy atom. The van der Waals surface area contributed by atoms with Crippen LogP contribution >= 0.6 is 11.3 Å². The van der Waals surface area contributed by atoms with Crippen LogP contribution in [0.3, 0.4) is 0 Å². The predicted molar refractivity (Wildman–Crippen MR) is 116 cm³/mol. The number of thiazole rings is 1.